The molecule has 3 saturated carbocycles. The van der Waals surface area contributed by atoms with Gasteiger partial charge in [0.25, 0.3) is 0 Å². The Morgan fingerprint density at radius 3 is 2.33 bits per heavy atom. The van der Waals surface area contributed by atoms with Gasteiger partial charge < -0.3 is 5.32 Å². The Morgan fingerprint density at radius 2 is 1.78 bits per heavy atom. The summed E-state index contributed by atoms with van der Waals surface area (Å²) in [6.07, 6.45) is 0.489. The monoisotopic (exact) mass is 261 g/mol. The van der Waals surface area contributed by atoms with Gasteiger partial charge in [-0.15, -0.1) is 0 Å². The van der Waals surface area contributed by atoms with E-state index in [0.29, 0.717) is 12.5 Å². The van der Waals surface area contributed by atoms with E-state index in [-0.39, 0.29) is 12.5 Å². The Hall–Kier alpha value is -0.250. The Kier molecular flexibility index (Phi) is 3.12. The minimum atomic E-state index is -3.99. The van der Waals surface area contributed by atoms with Crippen molar-refractivity contribution in [2.45, 2.75) is 63.7 Å². The highest BCUT2D eigenvalue weighted by Gasteiger charge is 2.64. The molecule has 5 atom stereocenters. The summed E-state index contributed by atoms with van der Waals surface area (Å²) in [4.78, 5) is 0. The van der Waals surface area contributed by atoms with Crippen LogP contribution in [0, 0.1) is 23.7 Å². The molecule has 1 nitrogen and oxygen atoms in total. The molecule has 0 heterocycles. The summed E-state index contributed by atoms with van der Waals surface area (Å²) in [6.45, 7) is 2.03. The zero-order valence-electron chi connectivity index (χ0n) is 10.8. The van der Waals surface area contributed by atoms with E-state index >= 15 is 0 Å². The maximum Gasteiger partial charge on any atom is 0.389 e. The lowest BCUT2D eigenvalue weighted by molar-refractivity contribution is -0.135. The zero-order chi connectivity index (χ0) is 12.9. The Morgan fingerprint density at radius 1 is 1.17 bits per heavy atom. The number of halogens is 3. The largest absolute Gasteiger partial charge is 0.389 e. The molecule has 0 aliphatic heterocycles. The van der Waals surface area contributed by atoms with Crippen molar-refractivity contribution in [2.75, 3.05) is 0 Å². The van der Waals surface area contributed by atoms with Crippen LogP contribution in [-0.4, -0.2) is 18.3 Å². The summed E-state index contributed by atoms with van der Waals surface area (Å²) >= 11 is 0. The van der Waals surface area contributed by atoms with E-state index in [0.717, 1.165) is 23.7 Å². The summed E-state index contributed by atoms with van der Waals surface area (Å²) in [6, 6.07) is 0.875. The maximum absolute atomic E-state index is 12.1. The summed E-state index contributed by atoms with van der Waals surface area (Å²) in [5.41, 5.74) is 0. The summed E-state index contributed by atoms with van der Waals surface area (Å²) < 4.78 is 36.2. The quantitative estimate of drug-likeness (QED) is 0.795. The van der Waals surface area contributed by atoms with Gasteiger partial charge in [0, 0.05) is 18.5 Å². The van der Waals surface area contributed by atoms with Crippen LogP contribution in [0.3, 0.4) is 0 Å². The molecular formula is C14H22F3N. The molecule has 0 radical (unpaired) electrons. The SMILES string of the molecule is CC(CCCC(F)(F)F)NC1C2C3CCC(C3)C12. The van der Waals surface area contributed by atoms with E-state index in [1.54, 1.807) is 0 Å². The Balaban J connectivity index is 1.37. The summed E-state index contributed by atoms with van der Waals surface area (Å²) in [7, 11) is 0. The molecule has 3 rings (SSSR count). The Labute approximate surface area is 107 Å². The van der Waals surface area contributed by atoms with Gasteiger partial charge in [-0.05, 0) is 62.7 Å². The molecule has 104 valence electrons. The van der Waals surface area contributed by atoms with Gasteiger partial charge in [0.15, 0.2) is 0 Å². The molecule has 2 bridgehead atoms. The number of rotatable bonds is 5. The lowest BCUT2D eigenvalue weighted by atomic mass is 10.0. The molecule has 0 spiro atoms. The first-order valence-electron chi connectivity index (χ1n) is 7.28. The minimum absolute atomic E-state index is 0.238. The Bertz CT molecular complexity index is 299. The number of fused-ring (bicyclic) bond motifs is 5. The molecule has 3 fully saturated rings. The van der Waals surface area contributed by atoms with E-state index < -0.39 is 12.6 Å². The van der Waals surface area contributed by atoms with E-state index in [4.69, 9.17) is 0 Å². The van der Waals surface area contributed by atoms with Crippen molar-refractivity contribution in [3.05, 3.63) is 0 Å². The molecule has 5 unspecified atom stereocenters. The van der Waals surface area contributed by atoms with Gasteiger partial charge in [-0.2, -0.15) is 13.2 Å². The predicted octanol–water partition coefficient (Wildman–Crippen LogP) is 3.74. The first-order chi connectivity index (χ1) is 8.46. The molecule has 0 aromatic rings. The zero-order valence-corrected chi connectivity index (χ0v) is 10.8. The van der Waals surface area contributed by atoms with Gasteiger partial charge in [-0.1, -0.05) is 0 Å². The van der Waals surface area contributed by atoms with Gasteiger partial charge in [0.05, 0.1) is 0 Å². The van der Waals surface area contributed by atoms with E-state index in [9.17, 15) is 13.2 Å². The first kappa shape index (κ1) is 12.8. The van der Waals surface area contributed by atoms with Crippen LogP contribution in [0.1, 0.15) is 45.4 Å². The van der Waals surface area contributed by atoms with Crippen LogP contribution in [0.15, 0.2) is 0 Å². The van der Waals surface area contributed by atoms with Crippen LogP contribution in [0.5, 0.6) is 0 Å². The average molecular weight is 261 g/mol. The maximum atomic E-state index is 12.1. The standard InChI is InChI=1S/C14H22F3N/c1-8(3-2-6-14(15,16)17)18-13-11-9-4-5-10(7-9)12(11)13/h8-13,18H,2-7H2,1H3. The summed E-state index contributed by atoms with van der Waals surface area (Å²) in [5, 5.41) is 3.58. The third-order valence-electron chi connectivity index (χ3n) is 5.31. The van der Waals surface area contributed by atoms with Crippen molar-refractivity contribution < 1.29 is 13.2 Å². The molecule has 3 aliphatic rings. The highest BCUT2D eigenvalue weighted by molar-refractivity contribution is 5.17. The van der Waals surface area contributed by atoms with E-state index in [1.807, 2.05) is 6.92 Å². The van der Waals surface area contributed by atoms with Crippen LogP contribution in [0.25, 0.3) is 0 Å². The van der Waals surface area contributed by atoms with Crippen LogP contribution >= 0.6 is 0 Å². The number of nitrogens with one attached hydrogen (secondary N) is 1. The molecule has 0 aromatic heterocycles. The smallest absolute Gasteiger partial charge is 0.311 e. The fourth-order valence-corrected chi connectivity index (χ4v) is 4.57. The second-order valence-corrected chi connectivity index (χ2v) is 6.59. The van der Waals surface area contributed by atoms with Crippen molar-refractivity contribution in [1.29, 1.82) is 0 Å². The van der Waals surface area contributed by atoms with Crippen LogP contribution in [0.2, 0.25) is 0 Å². The van der Waals surface area contributed by atoms with Gasteiger partial charge >= 0.3 is 6.18 Å². The highest BCUT2D eigenvalue weighted by atomic mass is 19.4. The topological polar surface area (TPSA) is 12.0 Å². The second kappa shape index (κ2) is 4.39. The number of alkyl halides is 3. The van der Waals surface area contributed by atoms with Crippen LogP contribution in [-0.2, 0) is 0 Å². The van der Waals surface area contributed by atoms with Crippen LogP contribution in [0.4, 0.5) is 13.2 Å². The lowest BCUT2D eigenvalue weighted by Crippen LogP contribution is -2.32. The molecule has 0 saturated heterocycles. The molecule has 0 amide bonds. The second-order valence-electron chi connectivity index (χ2n) is 6.59. The van der Waals surface area contributed by atoms with E-state index in [1.165, 1.54) is 19.3 Å². The number of hydrogen-bond donors (Lipinski definition) is 1. The normalized spacial score (nSPS) is 43.0. The first-order valence-corrected chi connectivity index (χ1v) is 7.28. The van der Waals surface area contributed by atoms with Crippen molar-refractivity contribution in [3.8, 4) is 0 Å². The van der Waals surface area contributed by atoms with E-state index in [2.05, 4.69) is 5.32 Å². The van der Waals surface area contributed by atoms with Crippen LogP contribution < -0.4 is 5.32 Å². The van der Waals surface area contributed by atoms with Crippen molar-refractivity contribution in [3.63, 3.8) is 0 Å². The fourth-order valence-electron chi connectivity index (χ4n) is 4.57. The minimum Gasteiger partial charge on any atom is -0.311 e. The van der Waals surface area contributed by atoms with Crippen molar-refractivity contribution in [2.24, 2.45) is 23.7 Å². The molecular weight excluding hydrogens is 239 g/mol. The highest BCUT2D eigenvalue weighted by Crippen LogP contribution is 2.65. The van der Waals surface area contributed by atoms with Gasteiger partial charge in [-0.3, -0.25) is 0 Å². The molecule has 18 heavy (non-hydrogen) atoms. The number of hydrogen-bond acceptors (Lipinski definition) is 1. The lowest BCUT2D eigenvalue weighted by Gasteiger charge is -2.17. The molecule has 3 aliphatic carbocycles. The van der Waals surface area contributed by atoms with Crippen molar-refractivity contribution in [1.82, 2.24) is 5.32 Å². The van der Waals surface area contributed by atoms with Crippen molar-refractivity contribution >= 4 is 0 Å². The fraction of sp³-hybridized carbons (Fsp3) is 1.00. The summed E-state index contributed by atoms with van der Waals surface area (Å²) in [5.74, 6) is 3.60. The predicted molar refractivity (Wildman–Crippen MR) is 64.1 cm³/mol. The third kappa shape index (κ3) is 2.40. The van der Waals surface area contributed by atoms with Gasteiger partial charge in [-0.25, -0.2) is 0 Å². The van der Waals surface area contributed by atoms with Gasteiger partial charge in [0.1, 0.15) is 0 Å². The average Bonchev–Trinajstić information content (AvgIpc) is 2.69. The third-order valence-corrected chi connectivity index (χ3v) is 5.31. The van der Waals surface area contributed by atoms with Gasteiger partial charge in [0.2, 0.25) is 0 Å². The molecule has 4 heteroatoms. The molecule has 1 N–H and O–H groups in total. The molecule has 0 aromatic carbocycles.